The van der Waals surface area contributed by atoms with E-state index in [0.717, 1.165) is 57.7 Å². The van der Waals surface area contributed by atoms with Crippen molar-refractivity contribution in [3.63, 3.8) is 0 Å². The van der Waals surface area contributed by atoms with Crippen LogP contribution in [-0.2, 0) is 12.8 Å². The van der Waals surface area contributed by atoms with Gasteiger partial charge in [0.15, 0.2) is 6.29 Å². The molecular formula is C13H10BrNO. The van der Waals surface area contributed by atoms with Crippen LogP contribution in [0.1, 0.15) is 28.0 Å². The van der Waals surface area contributed by atoms with Crippen molar-refractivity contribution < 1.29 is 4.79 Å². The van der Waals surface area contributed by atoms with Crippen LogP contribution in [0.15, 0.2) is 22.7 Å². The second-order valence-electron chi connectivity index (χ2n) is 4.08. The summed E-state index contributed by atoms with van der Waals surface area (Å²) in [5.41, 5.74) is 4.02. The number of aryl methyl sites for hydroxylation is 1. The average Bonchev–Trinajstić information content (AvgIpc) is 2.73. The molecule has 0 aliphatic heterocycles. The van der Waals surface area contributed by atoms with Crippen LogP contribution in [0.4, 0.5) is 0 Å². The molecular weight excluding hydrogens is 266 g/mol. The van der Waals surface area contributed by atoms with Crippen LogP contribution in [0.25, 0.3) is 10.9 Å². The number of fused-ring (bicyclic) bond motifs is 2. The number of pyridine rings is 1. The van der Waals surface area contributed by atoms with Crippen molar-refractivity contribution in [2.75, 3.05) is 0 Å². The van der Waals surface area contributed by atoms with Gasteiger partial charge >= 0.3 is 0 Å². The van der Waals surface area contributed by atoms with Crippen molar-refractivity contribution in [1.29, 1.82) is 0 Å². The smallest absolute Gasteiger partial charge is 0.151 e. The molecule has 1 aromatic carbocycles. The van der Waals surface area contributed by atoms with Gasteiger partial charge in [0.25, 0.3) is 0 Å². The van der Waals surface area contributed by atoms with Gasteiger partial charge < -0.3 is 0 Å². The molecule has 1 heterocycles. The summed E-state index contributed by atoms with van der Waals surface area (Å²) >= 11 is 3.43. The van der Waals surface area contributed by atoms with Crippen LogP contribution >= 0.6 is 15.9 Å². The highest BCUT2D eigenvalue weighted by atomic mass is 79.9. The molecule has 0 amide bonds. The molecule has 1 aromatic heterocycles. The highest BCUT2D eigenvalue weighted by molar-refractivity contribution is 9.10. The Labute approximate surface area is 102 Å². The van der Waals surface area contributed by atoms with Crippen molar-refractivity contribution in [2.24, 2.45) is 0 Å². The second kappa shape index (κ2) is 3.67. The first-order valence-electron chi connectivity index (χ1n) is 5.36. The number of rotatable bonds is 1. The van der Waals surface area contributed by atoms with Crippen LogP contribution in [0.3, 0.4) is 0 Å². The molecule has 0 bridgehead atoms. The molecule has 0 radical (unpaired) electrons. The van der Waals surface area contributed by atoms with Crippen LogP contribution in [0.2, 0.25) is 0 Å². The number of nitrogens with zero attached hydrogens (tertiary/aromatic N) is 1. The van der Waals surface area contributed by atoms with Gasteiger partial charge in [-0.05, 0) is 43.0 Å². The topological polar surface area (TPSA) is 30.0 Å². The predicted octanol–water partition coefficient (Wildman–Crippen LogP) is 3.30. The molecule has 2 aromatic rings. The van der Waals surface area contributed by atoms with Crippen LogP contribution in [-0.4, -0.2) is 11.3 Å². The molecule has 3 rings (SSSR count). The first-order valence-corrected chi connectivity index (χ1v) is 6.15. The fourth-order valence-corrected chi connectivity index (χ4v) is 2.77. The van der Waals surface area contributed by atoms with Gasteiger partial charge in [-0.2, -0.15) is 0 Å². The Morgan fingerprint density at radius 3 is 3.00 bits per heavy atom. The third-order valence-electron chi connectivity index (χ3n) is 3.14. The maximum Gasteiger partial charge on any atom is 0.151 e. The minimum Gasteiger partial charge on any atom is -0.298 e. The van der Waals surface area contributed by atoms with Gasteiger partial charge in [0.2, 0.25) is 0 Å². The number of benzene rings is 1. The quantitative estimate of drug-likeness (QED) is 0.748. The van der Waals surface area contributed by atoms with Crippen molar-refractivity contribution in [2.45, 2.75) is 19.3 Å². The summed E-state index contributed by atoms with van der Waals surface area (Å²) in [6.45, 7) is 0. The van der Waals surface area contributed by atoms with Crippen molar-refractivity contribution in [3.05, 3.63) is 39.5 Å². The van der Waals surface area contributed by atoms with Gasteiger partial charge in [0, 0.05) is 21.1 Å². The lowest BCUT2D eigenvalue weighted by molar-refractivity contribution is 0.112. The number of halogens is 1. The highest BCUT2D eigenvalue weighted by Gasteiger charge is 2.18. The lowest BCUT2D eigenvalue weighted by Crippen LogP contribution is -1.97. The maximum absolute atomic E-state index is 11.2. The first kappa shape index (κ1) is 9.97. The van der Waals surface area contributed by atoms with E-state index in [1.54, 1.807) is 0 Å². The normalized spacial score (nSPS) is 14.1. The number of carbonyl (C=O) groups excluding carboxylic acids is 1. The van der Waals surface area contributed by atoms with E-state index >= 15 is 0 Å². The Morgan fingerprint density at radius 2 is 2.19 bits per heavy atom. The summed E-state index contributed by atoms with van der Waals surface area (Å²) < 4.78 is 0.989. The Kier molecular flexibility index (Phi) is 2.28. The van der Waals surface area contributed by atoms with E-state index < -0.39 is 0 Å². The Balaban J connectivity index is 2.44. The van der Waals surface area contributed by atoms with E-state index in [1.807, 2.05) is 18.2 Å². The SMILES string of the molecule is O=Cc1c2c(nc3ccc(Br)cc13)CCC2. The summed E-state index contributed by atoms with van der Waals surface area (Å²) in [7, 11) is 0. The van der Waals surface area contributed by atoms with Crippen LogP contribution in [0, 0.1) is 0 Å². The molecule has 16 heavy (non-hydrogen) atoms. The number of carbonyl (C=O) groups is 1. The van der Waals surface area contributed by atoms with Crippen LogP contribution in [0.5, 0.6) is 0 Å². The summed E-state index contributed by atoms with van der Waals surface area (Å²) in [6.07, 6.45) is 4.07. The van der Waals surface area contributed by atoms with Gasteiger partial charge in [-0.1, -0.05) is 15.9 Å². The lowest BCUT2D eigenvalue weighted by atomic mass is 10.0. The minimum absolute atomic E-state index is 0.832. The molecule has 2 nitrogen and oxygen atoms in total. The van der Waals surface area contributed by atoms with E-state index in [2.05, 4.69) is 20.9 Å². The Bertz CT molecular complexity index is 592. The van der Waals surface area contributed by atoms with E-state index in [0.29, 0.717) is 0 Å². The average molecular weight is 276 g/mol. The van der Waals surface area contributed by atoms with E-state index in [4.69, 9.17) is 0 Å². The number of aromatic nitrogens is 1. The Morgan fingerprint density at radius 1 is 1.31 bits per heavy atom. The largest absolute Gasteiger partial charge is 0.298 e. The molecule has 0 atom stereocenters. The minimum atomic E-state index is 0.832. The molecule has 0 fully saturated rings. The third-order valence-corrected chi connectivity index (χ3v) is 3.63. The highest BCUT2D eigenvalue weighted by Crippen LogP contribution is 2.30. The van der Waals surface area contributed by atoms with E-state index in [9.17, 15) is 4.79 Å². The zero-order valence-corrected chi connectivity index (χ0v) is 10.3. The molecule has 0 saturated heterocycles. The summed E-state index contributed by atoms with van der Waals surface area (Å²) in [6, 6.07) is 5.90. The van der Waals surface area contributed by atoms with Crippen molar-refractivity contribution >= 4 is 33.1 Å². The van der Waals surface area contributed by atoms with Gasteiger partial charge in [0.1, 0.15) is 0 Å². The molecule has 0 unspecified atom stereocenters. The van der Waals surface area contributed by atoms with Gasteiger partial charge in [0.05, 0.1) is 5.52 Å². The zero-order chi connectivity index (χ0) is 11.1. The fourth-order valence-electron chi connectivity index (χ4n) is 2.41. The van der Waals surface area contributed by atoms with Crippen LogP contribution < -0.4 is 0 Å². The van der Waals surface area contributed by atoms with Gasteiger partial charge in [-0.15, -0.1) is 0 Å². The fraction of sp³-hybridized carbons (Fsp3) is 0.231. The second-order valence-corrected chi connectivity index (χ2v) is 5.00. The summed E-state index contributed by atoms with van der Waals surface area (Å²) in [4.78, 5) is 15.9. The molecule has 1 aliphatic rings. The molecule has 0 spiro atoms. The third kappa shape index (κ3) is 1.39. The predicted molar refractivity (Wildman–Crippen MR) is 66.9 cm³/mol. The molecule has 0 saturated carbocycles. The molecule has 0 N–H and O–H groups in total. The van der Waals surface area contributed by atoms with E-state index in [1.165, 1.54) is 0 Å². The lowest BCUT2D eigenvalue weighted by Gasteiger charge is -2.07. The van der Waals surface area contributed by atoms with Crippen molar-refractivity contribution in [1.82, 2.24) is 4.98 Å². The summed E-state index contributed by atoms with van der Waals surface area (Å²) in [5, 5.41) is 0.963. The number of hydrogen-bond donors (Lipinski definition) is 0. The first-order chi connectivity index (χ1) is 7.79. The Hall–Kier alpha value is -1.22. The van der Waals surface area contributed by atoms with Crippen molar-refractivity contribution in [3.8, 4) is 0 Å². The van der Waals surface area contributed by atoms with Gasteiger partial charge in [-0.3, -0.25) is 9.78 Å². The summed E-state index contributed by atoms with van der Waals surface area (Å²) in [5.74, 6) is 0. The number of aldehydes is 1. The standard InChI is InChI=1S/C13H10BrNO/c14-8-4-5-13-10(6-8)11(7-16)9-2-1-3-12(9)15-13/h4-7H,1-3H2. The molecule has 80 valence electrons. The zero-order valence-electron chi connectivity index (χ0n) is 8.66. The van der Waals surface area contributed by atoms with Gasteiger partial charge in [-0.25, -0.2) is 0 Å². The monoisotopic (exact) mass is 275 g/mol. The molecule has 3 heteroatoms. The maximum atomic E-state index is 11.2. The van der Waals surface area contributed by atoms with E-state index in [-0.39, 0.29) is 0 Å². The molecule has 1 aliphatic carbocycles. The number of hydrogen-bond acceptors (Lipinski definition) is 2.